The van der Waals surface area contributed by atoms with Crippen LogP contribution in [-0.2, 0) is 6.42 Å². The largest absolute Gasteiger partial charge is 0.310 e. The van der Waals surface area contributed by atoms with Crippen molar-refractivity contribution >= 4 is 88.9 Å². The van der Waals surface area contributed by atoms with Crippen molar-refractivity contribution in [2.75, 3.05) is 9.80 Å². The van der Waals surface area contributed by atoms with Gasteiger partial charge in [-0.25, -0.2) is 0 Å². The SMILES string of the molecule is C/C=C\c1cc(N(c2ccc3c(c2)Cc2cccc4c2c-3cc2c3ccccc3c(N(c3ccc5ccccc5c3)c3ccccc3C3=CC=CCC3)cc42)c2ccccc2-c2ccccc2)ccc1C. The maximum absolute atomic E-state index is 2.53. The van der Waals surface area contributed by atoms with E-state index < -0.39 is 0 Å². The highest BCUT2D eigenvalue weighted by Gasteiger charge is 2.27. The zero-order valence-corrected chi connectivity index (χ0v) is 40.1. The number of allylic oxidation sites excluding steroid dienone is 5. The van der Waals surface area contributed by atoms with Crippen molar-refractivity contribution < 1.29 is 0 Å². The van der Waals surface area contributed by atoms with Gasteiger partial charge in [-0.15, -0.1) is 0 Å². The summed E-state index contributed by atoms with van der Waals surface area (Å²) >= 11 is 0. The highest BCUT2D eigenvalue weighted by molar-refractivity contribution is 6.25. The quantitative estimate of drug-likeness (QED) is 0.133. The van der Waals surface area contributed by atoms with Crippen LogP contribution in [0.4, 0.5) is 34.1 Å². The summed E-state index contributed by atoms with van der Waals surface area (Å²) in [7, 11) is 0. The lowest BCUT2D eigenvalue weighted by molar-refractivity contribution is 1.05. The predicted molar refractivity (Wildman–Crippen MR) is 305 cm³/mol. The molecule has 0 aromatic heterocycles. The van der Waals surface area contributed by atoms with Gasteiger partial charge in [-0.05, 0) is 176 Å². The third-order valence-corrected chi connectivity index (χ3v) is 14.9. The Morgan fingerprint density at radius 1 is 0.437 bits per heavy atom. The Balaban J connectivity index is 1.02. The number of aryl methyl sites for hydroxylation is 1. The van der Waals surface area contributed by atoms with E-state index in [1.165, 1.54) is 110 Å². The summed E-state index contributed by atoms with van der Waals surface area (Å²) in [5.41, 5.74) is 19.7. The Kier molecular flexibility index (Phi) is 10.5. The summed E-state index contributed by atoms with van der Waals surface area (Å²) in [4.78, 5) is 4.99. The van der Waals surface area contributed by atoms with Gasteiger partial charge in [0.2, 0.25) is 0 Å². The van der Waals surface area contributed by atoms with Crippen LogP contribution in [0.3, 0.4) is 0 Å². The molecule has 13 rings (SSSR count). The summed E-state index contributed by atoms with van der Waals surface area (Å²) in [5.74, 6) is 0. The van der Waals surface area contributed by atoms with Crippen LogP contribution in [-0.4, -0.2) is 0 Å². The van der Waals surface area contributed by atoms with E-state index in [1.54, 1.807) is 0 Å². The summed E-state index contributed by atoms with van der Waals surface area (Å²) in [6.45, 7) is 4.29. The lowest BCUT2D eigenvalue weighted by Crippen LogP contribution is -2.13. The van der Waals surface area contributed by atoms with Crippen molar-refractivity contribution in [2.45, 2.75) is 33.1 Å². The van der Waals surface area contributed by atoms with Crippen LogP contribution in [0.1, 0.15) is 47.6 Å². The summed E-state index contributed by atoms with van der Waals surface area (Å²) in [6, 6.07) is 79.4. The summed E-state index contributed by atoms with van der Waals surface area (Å²) in [6.07, 6.45) is 14.0. The van der Waals surface area contributed by atoms with Gasteiger partial charge in [0.05, 0.1) is 17.1 Å². The van der Waals surface area contributed by atoms with Crippen LogP contribution in [0, 0.1) is 6.92 Å². The number of hydrogen-bond acceptors (Lipinski definition) is 2. The fourth-order valence-corrected chi connectivity index (χ4v) is 11.6. The van der Waals surface area contributed by atoms with Gasteiger partial charge in [0.25, 0.3) is 0 Å². The van der Waals surface area contributed by atoms with E-state index in [0.29, 0.717) is 0 Å². The van der Waals surface area contributed by atoms with Gasteiger partial charge in [-0.3, -0.25) is 0 Å². The zero-order valence-electron chi connectivity index (χ0n) is 40.1. The Morgan fingerprint density at radius 3 is 1.94 bits per heavy atom. The normalized spacial score (nSPS) is 13.0. The van der Waals surface area contributed by atoms with E-state index in [4.69, 9.17) is 0 Å². The van der Waals surface area contributed by atoms with Gasteiger partial charge < -0.3 is 9.80 Å². The van der Waals surface area contributed by atoms with E-state index in [-0.39, 0.29) is 0 Å². The van der Waals surface area contributed by atoms with Gasteiger partial charge in [-0.2, -0.15) is 0 Å². The average molecular weight is 909 g/mol. The third-order valence-electron chi connectivity index (χ3n) is 14.9. The maximum Gasteiger partial charge on any atom is 0.0546 e. The molecule has 0 saturated heterocycles. The number of rotatable bonds is 9. The van der Waals surface area contributed by atoms with Crippen LogP contribution < -0.4 is 9.80 Å². The Hall–Kier alpha value is -8.72. The molecule has 0 N–H and O–H groups in total. The smallest absolute Gasteiger partial charge is 0.0546 e. The third kappa shape index (κ3) is 7.34. The number of nitrogens with zero attached hydrogens (tertiary/aromatic N) is 2. The predicted octanol–water partition coefficient (Wildman–Crippen LogP) is 19.6. The molecule has 2 nitrogen and oxygen atoms in total. The van der Waals surface area contributed by atoms with Crippen LogP contribution in [0.15, 0.2) is 237 Å². The molecule has 0 atom stereocenters. The molecule has 0 spiro atoms. The second-order valence-electron chi connectivity index (χ2n) is 19.1. The van der Waals surface area contributed by atoms with Crippen molar-refractivity contribution in [1.29, 1.82) is 0 Å². The minimum atomic E-state index is 0.839. The first-order valence-electron chi connectivity index (χ1n) is 25.0. The lowest BCUT2D eigenvalue weighted by Gasteiger charge is -2.31. The van der Waals surface area contributed by atoms with E-state index in [9.17, 15) is 0 Å². The standard InChI is InChI=1S/C69H52N2/c1-3-19-50-41-54(36-34-46(50)2)70(66-32-16-14-27-58(66)48-21-6-4-7-22-48)55-38-39-57-53(43-55)40-52-26-18-31-62-64-45-68(61-30-13-12-29-60(61)63(64)44-65(57)69(52)62)71(56-37-35-47-20-10-11-25-51(47)42-56)67-33-17-15-28-59(67)49-23-8-5-9-24-49/h3-8,10-23,25-39,41-45H,9,24,40H2,1-2H3/b19-3-. The first-order valence-corrected chi connectivity index (χ1v) is 25.0. The molecule has 0 bridgehead atoms. The molecule has 0 unspecified atom stereocenters. The molecule has 0 aliphatic heterocycles. The van der Waals surface area contributed by atoms with Crippen molar-refractivity contribution in [3.63, 3.8) is 0 Å². The molecule has 0 fully saturated rings. The van der Waals surface area contributed by atoms with E-state index >= 15 is 0 Å². The van der Waals surface area contributed by atoms with Gasteiger partial charge >= 0.3 is 0 Å². The number of benzene rings is 11. The number of para-hydroxylation sites is 2. The monoisotopic (exact) mass is 908 g/mol. The van der Waals surface area contributed by atoms with Crippen molar-refractivity contribution in [3.05, 3.63) is 264 Å². The molecule has 0 radical (unpaired) electrons. The summed E-state index contributed by atoms with van der Waals surface area (Å²) in [5, 5.41) is 10.1. The highest BCUT2D eigenvalue weighted by atomic mass is 15.2. The van der Waals surface area contributed by atoms with E-state index in [2.05, 4.69) is 266 Å². The molecule has 0 saturated carbocycles. The van der Waals surface area contributed by atoms with Crippen LogP contribution in [0.2, 0.25) is 0 Å². The Morgan fingerprint density at radius 2 is 1.11 bits per heavy atom. The zero-order chi connectivity index (χ0) is 47.4. The minimum absolute atomic E-state index is 0.839. The molecule has 71 heavy (non-hydrogen) atoms. The van der Waals surface area contributed by atoms with E-state index in [1.807, 2.05) is 0 Å². The van der Waals surface area contributed by atoms with Crippen LogP contribution >= 0.6 is 0 Å². The molecule has 338 valence electrons. The van der Waals surface area contributed by atoms with Crippen LogP contribution in [0.25, 0.3) is 77.0 Å². The molecular weight excluding hydrogens is 857 g/mol. The molecule has 2 aliphatic carbocycles. The summed E-state index contributed by atoms with van der Waals surface area (Å²) < 4.78 is 0. The molecule has 0 amide bonds. The fraction of sp³-hybridized carbons (Fsp3) is 0.0725. The van der Waals surface area contributed by atoms with Crippen molar-refractivity contribution in [3.8, 4) is 22.3 Å². The van der Waals surface area contributed by atoms with E-state index in [0.717, 1.165) is 42.0 Å². The Bertz CT molecular complexity index is 4000. The molecule has 2 heteroatoms. The maximum atomic E-state index is 2.53. The molecular formula is C69H52N2. The second kappa shape index (κ2) is 17.7. The number of fused-ring (bicyclic) bond motifs is 7. The minimum Gasteiger partial charge on any atom is -0.310 e. The van der Waals surface area contributed by atoms with Gasteiger partial charge in [-0.1, -0.05) is 182 Å². The second-order valence-corrected chi connectivity index (χ2v) is 19.1. The molecule has 11 aromatic rings. The fourth-order valence-electron chi connectivity index (χ4n) is 11.6. The van der Waals surface area contributed by atoms with Crippen molar-refractivity contribution in [1.82, 2.24) is 0 Å². The lowest BCUT2D eigenvalue weighted by atomic mass is 9.81. The van der Waals surface area contributed by atoms with Gasteiger partial charge in [0.1, 0.15) is 0 Å². The van der Waals surface area contributed by atoms with Crippen LogP contribution in [0.5, 0.6) is 0 Å². The van der Waals surface area contributed by atoms with Gasteiger partial charge in [0.15, 0.2) is 0 Å². The Labute approximate surface area is 416 Å². The number of hydrogen-bond donors (Lipinski definition) is 0. The molecule has 11 aromatic carbocycles. The topological polar surface area (TPSA) is 6.48 Å². The molecule has 0 heterocycles. The average Bonchev–Trinajstić information content (AvgIpc) is 3.43. The van der Waals surface area contributed by atoms with Gasteiger partial charge in [0, 0.05) is 33.6 Å². The molecule has 2 aliphatic rings. The highest BCUT2D eigenvalue weighted by Crippen LogP contribution is 2.51. The first kappa shape index (κ1) is 42.4. The number of anilines is 6. The first-order chi connectivity index (χ1) is 35.1. The van der Waals surface area contributed by atoms with Crippen molar-refractivity contribution in [2.24, 2.45) is 0 Å².